The van der Waals surface area contributed by atoms with Gasteiger partial charge in [0.05, 0.1) is 7.11 Å². The monoisotopic (exact) mass is 473 g/mol. The van der Waals surface area contributed by atoms with E-state index in [1.54, 1.807) is 54.6 Å². The van der Waals surface area contributed by atoms with Crippen molar-refractivity contribution in [1.82, 2.24) is 10.6 Å². The predicted octanol–water partition coefficient (Wildman–Crippen LogP) is 2.92. The molecule has 35 heavy (non-hydrogen) atoms. The number of carbonyl (C=O) groups is 4. The van der Waals surface area contributed by atoms with Crippen LogP contribution < -0.4 is 20.7 Å². The Hall–Kier alpha value is -4.92. The lowest BCUT2D eigenvalue weighted by Gasteiger charge is -2.12. The highest BCUT2D eigenvalue weighted by Crippen LogP contribution is 2.14. The first kappa shape index (κ1) is 24.7. The normalized spacial score (nSPS) is 10.7. The first-order chi connectivity index (χ1) is 16.9. The van der Waals surface area contributed by atoms with Crippen LogP contribution in [0.3, 0.4) is 0 Å². The number of carbonyl (C=O) groups excluding carboxylic acids is 3. The molecule has 0 aliphatic rings. The fraction of sp³-hybridized carbons (Fsp3) is 0.0769. The molecule has 0 spiro atoms. The van der Waals surface area contributed by atoms with E-state index in [4.69, 9.17) is 9.84 Å². The Labute approximate surface area is 201 Å². The number of hydrogen-bond acceptors (Lipinski definition) is 5. The molecule has 0 heterocycles. The molecule has 0 atom stereocenters. The number of carboxylic acids is 1. The molecule has 9 heteroatoms. The molecule has 0 aliphatic carbocycles. The lowest BCUT2D eigenvalue weighted by atomic mass is 10.1. The highest BCUT2D eigenvalue weighted by molar-refractivity contribution is 6.10. The van der Waals surface area contributed by atoms with Crippen molar-refractivity contribution in [1.29, 1.82) is 0 Å². The maximum atomic E-state index is 13.0. The van der Waals surface area contributed by atoms with Crippen LogP contribution in [0.5, 0.6) is 5.75 Å². The van der Waals surface area contributed by atoms with E-state index < -0.39 is 30.2 Å². The number of anilines is 1. The summed E-state index contributed by atoms with van der Waals surface area (Å²) in [6.07, 6.45) is 1.55. The Morgan fingerprint density at radius 2 is 1.43 bits per heavy atom. The summed E-state index contributed by atoms with van der Waals surface area (Å²) >= 11 is 0. The molecule has 178 valence electrons. The van der Waals surface area contributed by atoms with Crippen LogP contribution in [0.1, 0.15) is 26.3 Å². The molecule has 3 rings (SSSR count). The smallest absolute Gasteiger partial charge is 0.322 e. The molecule has 0 aliphatic heterocycles. The molecule has 9 nitrogen and oxygen atoms in total. The lowest BCUT2D eigenvalue weighted by molar-refractivity contribution is -0.135. The average molecular weight is 473 g/mol. The molecule has 0 saturated carbocycles. The average Bonchev–Trinajstić information content (AvgIpc) is 2.87. The zero-order valence-electron chi connectivity index (χ0n) is 18.8. The SMILES string of the molecule is COc1ccc(C(=O)N/C(=C/c2ccccc2)C(=O)Nc2ccc(C(=O)NCC(=O)O)cc2)cc1. The van der Waals surface area contributed by atoms with E-state index in [1.165, 1.54) is 31.4 Å². The molecule has 0 bridgehead atoms. The Bertz CT molecular complexity index is 1240. The zero-order chi connectivity index (χ0) is 25.2. The van der Waals surface area contributed by atoms with E-state index in [0.717, 1.165) is 0 Å². The summed E-state index contributed by atoms with van der Waals surface area (Å²) in [6.45, 7) is -0.501. The van der Waals surface area contributed by atoms with E-state index in [0.29, 0.717) is 22.6 Å². The largest absolute Gasteiger partial charge is 0.497 e. The Kier molecular flexibility index (Phi) is 8.33. The van der Waals surface area contributed by atoms with Gasteiger partial charge in [0, 0.05) is 16.8 Å². The number of rotatable bonds is 9. The van der Waals surface area contributed by atoms with Crippen LogP contribution in [0.2, 0.25) is 0 Å². The number of aliphatic carboxylic acids is 1. The van der Waals surface area contributed by atoms with Crippen LogP contribution in [0, 0.1) is 0 Å². The van der Waals surface area contributed by atoms with Gasteiger partial charge in [-0.2, -0.15) is 0 Å². The van der Waals surface area contributed by atoms with Gasteiger partial charge in [-0.1, -0.05) is 30.3 Å². The lowest BCUT2D eigenvalue weighted by Crippen LogP contribution is -2.31. The van der Waals surface area contributed by atoms with Crippen LogP contribution in [0.4, 0.5) is 5.69 Å². The van der Waals surface area contributed by atoms with Gasteiger partial charge in [-0.05, 0) is 60.2 Å². The predicted molar refractivity (Wildman–Crippen MR) is 130 cm³/mol. The minimum absolute atomic E-state index is 0.0142. The number of hydrogen-bond donors (Lipinski definition) is 4. The molecule has 0 unspecified atom stereocenters. The Morgan fingerprint density at radius 1 is 0.829 bits per heavy atom. The van der Waals surface area contributed by atoms with Crippen LogP contribution in [-0.4, -0.2) is 42.5 Å². The van der Waals surface area contributed by atoms with E-state index in [-0.39, 0.29) is 11.3 Å². The second-order valence-electron chi connectivity index (χ2n) is 7.26. The van der Waals surface area contributed by atoms with Gasteiger partial charge >= 0.3 is 5.97 Å². The number of benzene rings is 3. The summed E-state index contributed by atoms with van der Waals surface area (Å²) in [5.74, 6) is -2.16. The second-order valence-corrected chi connectivity index (χ2v) is 7.26. The summed E-state index contributed by atoms with van der Waals surface area (Å²) in [6, 6.07) is 21.4. The number of nitrogens with one attached hydrogen (secondary N) is 3. The highest BCUT2D eigenvalue weighted by Gasteiger charge is 2.16. The Morgan fingerprint density at radius 3 is 2.03 bits per heavy atom. The topological polar surface area (TPSA) is 134 Å². The first-order valence-corrected chi connectivity index (χ1v) is 10.5. The second kappa shape index (κ2) is 11.8. The Balaban J connectivity index is 1.76. The summed E-state index contributed by atoms with van der Waals surface area (Å²) in [5, 5.41) is 16.3. The summed E-state index contributed by atoms with van der Waals surface area (Å²) in [7, 11) is 1.52. The maximum absolute atomic E-state index is 13.0. The quantitative estimate of drug-likeness (QED) is 0.353. The van der Waals surface area contributed by atoms with Crippen molar-refractivity contribution >= 4 is 35.5 Å². The van der Waals surface area contributed by atoms with Crippen molar-refractivity contribution in [3.8, 4) is 5.75 Å². The summed E-state index contributed by atoms with van der Waals surface area (Å²) in [4.78, 5) is 48.4. The van der Waals surface area contributed by atoms with Crippen molar-refractivity contribution < 1.29 is 29.0 Å². The third kappa shape index (κ3) is 7.29. The van der Waals surface area contributed by atoms with Crippen molar-refractivity contribution in [3.05, 3.63) is 101 Å². The van der Waals surface area contributed by atoms with Crippen LogP contribution in [0.25, 0.3) is 6.08 Å². The third-order valence-electron chi connectivity index (χ3n) is 4.76. The van der Waals surface area contributed by atoms with E-state index in [2.05, 4.69) is 16.0 Å². The fourth-order valence-corrected chi connectivity index (χ4v) is 2.97. The van der Waals surface area contributed by atoms with Gasteiger partial charge in [-0.3, -0.25) is 19.2 Å². The standard InChI is InChI=1S/C26H23N3O6/c1-35-21-13-9-19(10-14-21)25(33)29-22(15-17-5-3-2-4-6-17)26(34)28-20-11-7-18(8-12-20)24(32)27-16-23(30)31/h2-15H,16H2,1H3,(H,27,32)(H,28,34)(H,29,33)(H,30,31)/b22-15+. The molecule has 0 aromatic heterocycles. The van der Waals surface area contributed by atoms with Gasteiger partial charge in [0.25, 0.3) is 17.7 Å². The van der Waals surface area contributed by atoms with Crippen LogP contribution in [0.15, 0.2) is 84.6 Å². The minimum Gasteiger partial charge on any atom is -0.497 e. The molecule has 3 aromatic rings. The van der Waals surface area contributed by atoms with Gasteiger partial charge in [-0.25, -0.2) is 0 Å². The maximum Gasteiger partial charge on any atom is 0.322 e. The van der Waals surface area contributed by atoms with Gasteiger partial charge in [0.2, 0.25) is 0 Å². The third-order valence-corrected chi connectivity index (χ3v) is 4.76. The minimum atomic E-state index is -1.16. The fourth-order valence-electron chi connectivity index (χ4n) is 2.97. The van der Waals surface area contributed by atoms with Gasteiger partial charge < -0.3 is 25.8 Å². The van der Waals surface area contributed by atoms with Crippen molar-refractivity contribution in [3.63, 3.8) is 0 Å². The molecular formula is C26H23N3O6. The molecule has 0 radical (unpaired) electrons. The number of ether oxygens (including phenoxy) is 1. The number of methoxy groups -OCH3 is 1. The van der Waals surface area contributed by atoms with Crippen molar-refractivity contribution in [2.24, 2.45) is 0 Å². The number of carboxylic acid groups (broad SMARTS) is 1. The van der Waals surface area contributed by atoms with E-state index in [9.17, 15) is 19.2 Å². The summed E-state index contributed by atoms with van der Waals surface area (Å²) < 4.78 is 5.10. The van der Waals surface area contributed by atoms with Gasteiger partial charge in [0.1, 0.15) is 18.0 Å². The number of amides is 3. The molecule has 3 amide bonds. The van der Waals surface area contributed by atoms with E-state index >= 15 is 0 Å². The molecule has 4 N–H and O–H groups in total. The zero-order valence-corrected chi connectivity index (χ0v) is 18.8. The van der Waals surface area contributed by atoms with Crippen LogP contribution >= 0.6 is 0 Å². The highest BCUT2D eigenvalue weighted by atomic mass is 16.5. The molecule has 3 aromatic carbocycles. The summed E-state index contributed by atoms with van der Waals surface area (Å²) in [5.41, 5.74) is 1.67. The molecule has 0 fully saturated rings. The first-order valence-electron chi connectivity index (χ1n) is 10.5. The molecule has 0 saturated heterocycles. The van der Waals surface area contributed by atoms with Gasteiger partial charge in [0.15, 0.2) is 0 Å². The van der Waals surface area contributed by atoms with E-state index in [1.807, 2.05) is 6.07 Å². The van der Waals surface area contributed by atoms with Crippen molar-refractivity contribution in [2.75, 3.05) is 19.0 Å². The van der Waals surface area contributed by atoms with Crippen LogP contribution in [-0.2, 0) is 9.59 Å². The molecular weight excluding hydrogens is 450 g/mol. The van der Waals surface area contributed by atoms with Crippen molar-refractivity contribution in [2.45, 2.75) is 0 Å². The van der Waals surface area contributed by atoms with Gasteiger partial charge in [-0.15, -0.1) is 0 Å².